The smallest absolute Gasteiger partial charge is 0.277 e. The van der Waals surface area contributed by atoms with Gasteiger partial charge in [-0.2, -0.15) is 0 Å². The lowest BCUT2D eigenvalue weighted by Gasteiger charge is -2.16. The molecule has 0 aliphatic carbocycles. The molecule has 5 nitrogen and oxygen atoms in total. The van der Waals surface area contributed by atoms with Gasteiger partial charge in [0.15, 0.2) is 11.6 Å². The van der Waals surface area contributed by atoms with Crippen molar-refractivity contribution in [2.75, 3.05) is 11.9 Å². The van der Waals surface area contributed by atoms with E-state index in [0.29, 0.717) is 9.64 Å². The van der Waals surface area contributed by atoms with Crippen molar-refractivity contribution in [3.63, 3.8) is 0 Å². The van der Waals surface area contributed by atoms with Crippen LogP contribution < -0.4 is 10.8 Å². The van der Waals surface area contributed by atoms with Gasteiger partial charge in [-0.15, -0.1) is 0 Å². The van der Waals surface area contributed by atoms with Crippen LogP contribution in [-0.2, 0) is 4.84 Å². The third kappa shape index (κ3) is 5.81. The first-order valence-electron chi connectivity index (χ1n) is 8.00. The van der Waals surface area contributed by atoms with E-state index in [1.807, 2.05) is 22.6 Å². The number of hydrogen-bond donors (Lipinski definition) is 3. The Morgan fingerprint density at radius 1 is 1.11 bits per heavy atom. The number of hydrogen-bond acceptors (Lipinski definition) is 4. The first-order chi connectivity index (χ1) is 12.7. The molecule has 2 aromatic rings. The number of carbonyl (C=O) groups is 1. The summed E-state index contributed by atoms with van der Waals surface area (Å²) in [6, 6.07) is 5.71. The largest absolute Gasteiger partial charge is 0.390 e. The highest BCUT2D eigenvalue weighted by Crippen LogP contribution is 2.26. The van der Waals surface area contributed by atoms with Gasteiger partial charge in [0.05, 0.1) is 23.0 Å². The third-order valence-corrected chi connectivity index (χ3v) is 4.37. The number of aliphatic hydroxyl groups excluding tert-OH is 1. The number of hydroxylamine groups is 1. The molecule has 1 unspecified atom stereocenters. The average molecular weight is 494 g/mol. The lowest BCUT2D eigenvalue weighted by Crippen LogP contribution is -2.31. The minimum Gasteiger partial charge on any atom is -0.390 e. The molecule has 27 heavy (non-hydrogen) atoms. The summed E-state index contributed by atoms with van der Waals surface area (Å²) in [6.45, 7) is 3.35. The Morgan fingerprint density at radius 2 is 1.78 bits per heavy atom. The number of rotatable bonds is 7. The quantitative estimate of drug-likeness (QED) is 0.400. The van der Waals surface area contributed by atoms with Gasteiger partial charge >= 0.3 is 0 Å². The second-order valence-corrected chi connectivity index (χ2v) is 7.36. The van der Waals surface area contributed by atoms with E-state index < -0.39 is 29.5 Å². The minimum absolute atomic E-state index is 0.00776. The normalized spacial score (nSPS) is 12.1. The fraction of sp³-hybridized carbons (Fsp3) is 0.278. The summed E-state index contributed by atoms with van der Waals surface area (Å²) in [5.74, 6) is -4.02. The molecule has 2 rings (SSSR count). The molecule has 0 spiro atoms. The molecule has 0 fully saturated rings. The summed E-state index contributed by atoms with van der Waals surface area (Å²) >= 11 is 1.93. The first-order valence-corrected chi connectivity index (χ1v) is 9.08. The summed E-state index contributed by atoms with van der Waals surface area (Å²) in [7, 11) is 0. The van der Waals surface area contributed by atoms with E-state index in [9.17, 15) is 23.1 Å². The van der Waals surface area contributed by atoms with Crippen LogP contribution in [0.15, 0.2) is 30.3 Å². The third-order valence-electron chi connectivity index (χ3n) is 3.69. The number of benzene rings is 2. The van der Waals surface area contributed by atoms with E-state index >= 15 is 0 Å². The van der Waals surface area contributed by atoms with E-state index in [1.165, 1.54) is 12.1 Å². The molecule has 2 aromatic carbocycles. The molecule has 0 saturated carbocycles. The topological polar surface area (TPSA) is 70.6 Å². The van der Waals surface area contributed by atoms with Gasteiger partial charge in [-0.25, -0.2) is 18.7 Å². The van der Waals surface area contributed by atoms with Gasteiger partial charge in [-0.3, -0.25) is 9.63 Å². The molecule has 0 aliphatic rings. The van der Waals surface area contributed by atoms with Crippen molar-refractivity contribution in [1.29, 1.82) is 0 Å². The van der Waals surface area contributed by atoms with Crippen LogP contribution in [0.5, 0.6) is 0 Å². The van der Waals surface area contributed by atoms with Gasteiger partial charge in [-0.1, -0.05) is 13.8 Å². The summed E-state index contributed by atoms with van der Waals surface area (Å²) in [4.78, 5) is 17.2. The monoisotopic (exact) mass is 494 g/mol. The van der Waals surface area contributed by atoms with Crippen molar-refractivity contribution < 1.29 is 27.9 Å². The molecule has 1 atom stereocenters. The van der Waals surface area contributed by atoms with Crippen molar-refractivity contribution in [2.24, 2.45) is 5.92 Å². The predicted molar refractivity (Wildman–Crippen MR) is 103 cm³/mol. The van der Waals surface area contributed by atoms with Crippen LogP contribution in [0, 0.1) is 26.9 Å². The van der Waals surface area contributed by atoms with Crippen LogP contribution in [-0.4, -0.2) is 23.7 Å². The Morgan fingerprint density at radius 3 is 2.41 bits per heavy atom. The molecule has 0 radical (unpaired) electrons. The highest BCUT2D eigenvalue weighted by molar-refractivity contribution is 14.1. The molecule has 1 amide bonds. The van der Waals surface area contributed by atoms with E-state index in [2.05, 4.69) is 10.8 Å². The standard InChI is InChI=1S/C18H18F3IN2O3/c1-9(2)17(25)8-27-24-18(26)11-6-12(19)13(20)7-16(11)23-15-4-3-10(22)5-14(15)21/h3-7,9,17,23,25H,8H2,1-2H3,(H,24,26). The van der Waals surface area contributed by atoms with E-state index in [0.717, 1.165) is 6.07 Å². The molecule has 0 heterocycles. The summed E-state index contributed by atoms with van der Waals surface area (Å²) in [5.41, 5.74) is 1.63. The van der Waals surface area contributed by atoms with Crippen molar-refractivity contribution in [1.82, 2.24) is 5.48 Å². The first kappa shape index (κ1) is 21.5. The second-order valence-electron chi connectivity index (χ2n) is 6.11. The Bertz CT molecular complexity index is 834. The van der Waals surface area contributed by atoms with E-state index in [-0.39, 0.29) is 29.5 Å². The molecule has 146 valence electrons. The van der Waals surface area contributed by atoms with Crippen molar-refractivity contribution in [2.45, 2.75) is 20.0 Å². The Hall–Kier alpha value is -1.85. The predicted octanol–water partition coefficient (Wildman–Crippen LogP) is 4.13. The number of anilines is 2. The van der Waals surface area contributed by atoms with Gasteiger partial charge in [-0.05, 0) is 52.8 Å². The van der Waals surface area contributed by atoms with Crippen LogP contribution in [0.4, 0.5) is 24.5 Å². The fourth-order valence-corrected chi connectivity index (χ4v) is 2.47. The number of aliphatic hydroxyl groups is 1. The van der Waals surface area contributed by atoms with E-state index in [1.54, 1.807) is 19.9 Å². The Labute approximate surface area is 168 Å². The summed E-state index contributed by atoms with van der Waals surface area (Å²) < 4.78 is 41.9. The molecule has 0 bridgehead atoms. The van der Waals surface area contributed by atoms with Crippen LogP contribution in [0.1, 0.15) is 24.2 Å². The lowest BCUT2D eigenvalue weighted by atomic mass is 10.1. The number of amides is 1. The number of nitrogens with one attached hydrogen (secondary N) is 2. The average Bonchev–Trinajstić information content (AvgIpc) is 2.59. The SMILES string of the molecule is CC(C)C(O)CONC(=O)c1cc(F)c(F)cc1Nc1ccc(I)cc1F. The van der Waals surface area contributed by atoms with Gasteiger partial charge in [0.2, 0.25) is 0 Å². The number of halogens is 4. The highest BCUT2D eigenvalue weighted by atomic mass is 127. The van der Waals surface area contributed by atoms with Gasteiger partial charge in [0, 0.05) is 9.64 Å². The summed E-state index contributed by atoms with van der Waals surface area (Å²) in [6.07, 6.45) is -0.811. The molecule has 0 saturated heterocycles. The maximum Gasteiger partial charge on any atom is 0.277 e. The van der Waals surface area contributed by atoms with Crippen molar-refractivity contribution in [3.05, 3.63) is 56.9 Å². The minimum atomic E-state index is -1.24. The zero-order valence-corrected chi connectivity index (χ0v) is 16.7. The van der Waals surface area contributed by atoms with Gasteiger partial charge in [0.25, 0.3) is 5.91 Å². The molecule has 9 heteroatoms. The summed E-state index contributed by atoms with van der Waals surface area (Å²) in [5, 5.41) is 12.2. The zero-order chi connectivity index (χ0) is 20.1. The fourth-order valence-electron chi connectivity index (χ4n) is 2.01. The maximum atomic E-state index is 14.0. The Balaban J connectivity index is 2.22. The van der Waals surface area contributed by atoms with Crippen LogP contribution >= 0.6 is 22.6 Å². The Kier molecular flexibility index (Phi) is 7.45. The van der Waals surface area contributed by atoms with Crippen molar-refractivity contribution in [3.8, 4) is 0 Å². The number of carbonyl (C=O) groups excluding carboxylic acids is 1. The highest BCUT2D eigenvalue weighted by Gasteiger charge is 2.18. The van der Waals surface area contributed by atoms with Gasteiger partial charge < -0.3 is 10.4 Å². The van der Waals surface area contributed by atoms with E-state index in [4.69, 9.17) is 4.84 Å². The zero-order valence-electron chi connectivity index (χ0n) is 14.5. The van der Waals surface area contributed by atoms with Crippen LogP contribution in [0.25, 0.3) is 0 Å². The molecule has 0 aliphatic heterocycles. The molecular weight excluding hydrogens is 476 g/mol. The lowest BCUT2D eigenvalue weighted by molar-refractivity contribution is -0.0268. The van der Waals surface area contributed by atoms with Gasteiger partial charge in [0.1, 0.15) is 12.4 Å². The molecule has 3 N–H and O–H groups in total. The maximum absolute atomic E-state index is 14.0. The van der Waals surface area contributed by atoms with Crippen molar-refractivity contribution >= 4 is 39.9 Å². The van der Waals surface area contributed by atoms with Crippen LogP contribution in [0.2, 0.25) is 0 Å². The second kappa shape index (κ2) is 9.38. The molecule has 0 aromatic heterocycles. The molecular formula is C18H18F3IN2O3. The van der Waals surface area contributed by atoms with Crippen LogP contribution in [0.3, 0.4) is 0 Å².